The fourth-order valence-electron chi connectivity index (χ4n) is 2.51. The van der Waals surface area contributed by atoms with Crippen LogP contribution in [0.25, 0.3) is 0 Å². The SMILES string of the molecule is CCc1cccc(NC(N)=NCc2ccc(OC)c(OC)c2OC)c1.I. The van der Waals surface area contributed by atoms with Gasteiger partial charge in [0.25, 0.3) is 0 Å². The largest absolute Gasteiger partial charge is 0.493 e. The number of hydrogen-bond donors (Lipinski definition) is 2. The minimum Gasteiger partial charge on any atom is -0.493 e. The molecule has 0 aliphatic heterocycles. The maximum Gasteiger partial charge on any atom is 0.203 e. The van der Waals surface area contributed by atoms with Crippen LogP contribution in [0, 0.1) is 0 Å². The average molecular weight is 471 g/mol. The Morgan fingerprint density at radius 2 is 1.77 bits per heavy atom. The third-order valence-electron chi connectivity index (χ3n) is 3.81. The van der Waals surface area contributed by atoms with E-state index in [0.29, 0.717) is 29.8 Å². The number of nitrogens with one attached hydrogen (secondary N) is 1. The number of aryl methyl sites for hydroxylation is 1. The smallest absolute Gasteiger partial charge is 0.203 e. The van der Waals surface area contributed by atoms with Gasteiger partial charge in [0, 0.05) is 11.3 Å². The number of anilines is 1. The number of ether oxygens (including phenoxy) is 3. The van der Waals surface area contributed by atoms with Gasteiger partial charge in [-0.2, -0.15) is 0 Å². The molecule has 0 saturated carbocycles. The van der Waals surface area contributed by atoms with E-state index in [1.54, 1.807) is 21.3 Å². The van der Waals surface area contributed by atoms with Gasteiger partial charge in [-0.1, -0.05) is 19.1 Å². The van der Waals surface area contributed by atoms with E-state index in [0.717, 1.165) is 17.7 Å². The lowest BCUT2D eigenvalue weighted by Crippen LogP contribution is -2.22. The van der Waals surface area contributed by atoms with Crippen molar-refractivity contribution in [1.82, 2.24) is 0 Å². The minimum atomic E-state index is 0. The summed E-state index contributed by atoms with van der Waals surface area (Å²) in [6.07, 6.45) is 0.968. The topological polar surface area (TPSA) is 78.1 Å². The number of nitrogens with two attached hydrogens (primary N) is 1. The molecule has 142 valence electrons. The number of benzene rings is 2. The van der Waals surface area contributed by atoms with E-state index in [4.69, 9.17) is 19.9 Å². The van der Waals surface area contributed by atoms with E-state index in [9.17, 15) is 0 Å². The van der Waals surface area contributed by atoms with Gasteiger partial charge in [-0.25, -0.2) is 4.99 Å². The quantitative estimate of drug-likeness (QED) is 0.365. The Hall–Kier alpha value is -2.16. The second kappa shape index (κ2) is 10.7. The van der Waals surface area contributed by atoms with Crippen molar-refractivity contribution in [2.24, 2.45) is 10.7 Å². The second-order valence-corrected chi connectivity index (χ2v) is 5.37. The first-order valence-electron chi connectivity index (χ1n) is 8.06. The van der Waals surface area contributed by atoms with E-state index >= 15 is 0 Å². The van der Waals surface area contributed by atoms with Crippen molar-refractivity contribution in [1.29, 1.82) is 0 Å². The minimum absolute atomic E-state index is 0. The third-order valence-corrected chi connectivity index (χ3v) is 3.81. The van der Waals surface area contributed by atoms with Crippen molar-refractivity contribution in [3.8, 4) is 17.2 Å². The molecule has 0 fully saturated rings. The van der Waals surface area contributed by atoms with Gasteiger partial charge in [0.2, 0.25) is 5.75 Å². The Bertz CT molecular complexity index is 751. The van der Waals surface area contributed by atoms with E-state index in [1.165, 1.54) is 5.56 Å². The average Bonchev–Trinajstić information content (AvgIpc) is 2.65. The fourth-order valence-corrected chi connectivity index (χ4v) is 2.51. The summed E-state index contributed by atoms with van der Waals surface area (Å²) in [6, 6.07) is 11.8. The molecular formula is C19H26IN3O3. The lowest BCUT2D eigenvalue weighted by atomic mass is 10.1. The van der Waals surface area contributed by atoms with E-state index in [1.807, 2.05) is 24.3 Å². The van der Waals surface area contributed by atoms with Crippen molar-refractivity contribution < 1.29 is 14.2 Å². The molecule has 6 nitrogen and oxygen atoms in total. The Morgan fingerprint density at radius 3 is 2.38 bits per heavy atom. The highest BCUT2D eigenvalue weighted by molar-refractivity contribution is 14.0. The molecule has 2 aromatic carbocycles. The van der Waals surface area contributed by atoms with Crippen molar-refractivity contribution in [2.45, 2.75) is 19.9 Å². The van der Waals surface area contributed by atoms with Gasteiger partial charge in [-0.15, -0.1) is 24.0 Å². The summed E-state index contributed by atoms with van der Waals surface area (Å²) in [5.41, 5.74) is 9.01. The van der Waals surface area contributed by atoms with Crippen LogP contribution in [-0.2, 0) is 13.0 Å². The van der Waals surface area contributed by atoms with Crippen LogP contribution in [0.3, 0.4) is 0 Å². The molecule has 0 bridgehead atoms. The van der Waals surface area contributed by atoms with Gasteiger partial charge in [-0.3, -0.25) is 0 Å². The summed E-state index contributed by atoms with van der Waals surface area (Å²) in [5.74, 6) is 2.07. The summed E-state index contributed by atoms with van der Waals surface area (Å²) in [7, 11) is 4.74. The van der Waals surface area contributed by atoms with Crippen LogP contribution in [0.5, 0.6) is 17.2 Å². The molecule has 0 amide bonds. The van der Waals surface area contributed by atoms with Crippen molar-refractivity contribution in [3.63, 3.8) is 0 Å². The van der Waals surface area contributed by atoms with E-state index in [-0.39, 0.29) is 24.0 Å². The predicted molar refractivity (Wildman–Crippen MR) is 116 cm³/mol. The molecule has 0 aliphatic rings. The molecule has 0 heterocycles. The number of guanidine groups is 1. The second-order valence-electron chi connectivity index (χ2n) is 5.37. The molecule has 0 spiro atoms. The van der Waals surface area contributed by atoms with Crippen LogP contribution in [-0.4, -0.2) is 27.3 Å². The molecule has 0 aliphatic carbocycles. The summed E-state index contributed by atoms with van der Waals surface area (Å²) < 4.78 is 16.1. The number of halogens is 1. The normalized spacial score (nSPS) is 10.7. The Morgan fingerprint density at radius 1 is 1.04 bits per heavy atom. The highest BCUT2D eigenvalue weighted by Gasteiger charge is 2.15. The van der Waals surface area contributed by atoms with Crippen LogP contribution < -0.4 is 25.3 Å². The first-order valence-corrected chi connectivity index (χ1v) is 8.06. The molecule has 0 atom stereocenters. The summed E-state index contributed by atoms with van der Waals surface area (Å²) in [6.45, 7) is 2.47. The van der Waals surface area contributed by atoms with Crippen LogP contribution in [0.1, 0.15) is 18.1 Å². The molecule has 0 unspecified atom stereocenters. The fraction of sp³-hybridized carbons (Fsp3) is 0.316. The molecule has 0 aromatic heterocycles. The van der Waals surface area contributed by atoms with Gasteiger partial charge in [-0.05, 0) is 36.2 Å². The molecule has 3 N–H and O–H groups in total. The first kappa shape index (κ1) is 21.9. The molecule has 0 saturated heterocycles. The highest BCUT2D eigenvalue weighted by atomic mass is 127. The predicted octanol–water partition coefficient (Wildman–Crippen LogP) is 3.82. The van der Waals surface area contributed by atoms with Crippen molar-refractivity contribution in [3.05, 3.63) is 47.5 Å². The summed E-state index contributed by atoms with van der Waals surface area (Å²) >= 11 is 0. The zero-order valence-corrected chi connectivity index (χ0v) is 17.9. The monoisotopic (exact) mass is 471 g/mol. The molecule has 2 aromatic rings. The lowest BCUT2D eigenvalue weighted by Gasteiger charge is -2.15. The van der Waals surface area contributed by atoms with Gasteiger partial charge < -0.3 is 25.3 Å². The number of nitrogens with zero attached hydrogens (tertiary/aromatic N) is 1. The van der Waals surface area contributed by atoms with Crippen LogP contribution in [0.15, 0.2) is 41.4 Å². The lowest BCUT2D eigenvalue weighted by molar-refractivity contribution is 0.322. The zero-order chi connectivity index (χ0) is 18.2. The van der Waals surface area contributed by atoms with Gasteiger partial charge in [0.05, 0.1) is 27.9 Å². The maximum atomic E-state index is 6.01. The highest BCUT2D eigenvalue weighted by Crippen LogP contribution is 2.39. The van der Waals surface area contributed by atoms with Crippen molar-refractivity contribution >= 4 is 35.6 Å². The molecule has 2 rings (SSSR count). The van der Waals surface area contributed by atoms with Crippen LogP contribution in [0.2, 0.25) is 0 Å². The Labute approximate surface area is 171 Å². The van der Waals surface area contributed by atoms with E-state index in [2.05, 4.69) is 29.4 Å². The number of aliphatic imine (C=N–C) groups is 1. The zero-order valence-electron chi connectivity index (χ0n) is 15.5. The van der Waals surface area contributed by atoms with Crippen LogP contribution >= 0.6 is 24.0 Å². The van der Waals surface area contributed by atoms with Gasteiger partial charge >= 0.3 is 0 Å². The molecule has 0 radical (unpaired) electrons. The number of methoxy groups -OCH3 is 3. The summed E-state index contributed by atoms with van der Waals surface area (Å²) in [5, 5.41) is 3.11. The van der Waals surface area contributed by atoms with Gasteiger partial charge in [0.1, 0.15) is 0 Å². The van der Waals surface area contributed by atoms with Crippen molar-refractivity contribution in [2.75, 3.05) is 26.6 Å². The third kappa shape index (κ3) is 5.42. The molecule has 26 heavy (non-hydrogen) atoms. The Balaban J connectivity index is 0.00000338. The van der Waals surface area contributed by atoms with E-state index < -0.39 is 0 Å². The summed E-state index contributed by atoms with van der Waals surface area (Å²) in [4.78, 5) is 4.39. The maximum absolute atomic E-state index is 6.01. The first-order chi connectivity index (χ1) is 12.1. The molecule has 7 heteroatoms. The molecular weight excluding hydrogens is 445 g/mol. The standard InChI is InChI=1S/C19H25N3O3.HI/c1-5-13-7-6-8-15(11-13)22-19(20)21-12-14-9-10-16(23-2)18(25-4)17(14)24-3;/h6-11H,5,12H2,1-4H3,(H3,20,21,22);1H. The van der Waals surface area contributed by atoms with Gasteiger partial charge in [0.15, 0.2) is 17.5 Å². The van der Waals surface area contributed by atoms with Crippen LogP contribution in [0.4, 0.5) is 5.69 Å². The number of rotatable bonds is 7. The number of hydrogen-bond acceptors (Lipinski definition) is 4. The Kier molecular flexibility index (Phi) is 9.04.